The highest BCUT2D eigenvalue weighted by Crippen LogP contribution is 2.41. The minimum atomic E-state index is -2.54. The Labute approximate surface area is 459 Å². The number of hydrazine groups is 1. The molecule has 4 fully saturated rings. The van der Waals surface area contributed by atoms with Crippen molar-refractivity contribution in [3.8, 4) is 0 Å². The summed E-state index contributed by atoms with van der Waals surface area (Å²) in [7, 11) is 4.41. The number of Topliss-reactive ketones (excluding diaryl/α,β-unsaturated/α-hetero) is 3. The molecule has 432 valence electrons. The van der Waals surface area contributed by atoms with Gasteiger partial charge in [0.25, 0.3) is 11.7 Å². The molecule has 18 atom stereocenters. The van der Waals surface area contributed by atoms with E-state index in [1.807, 2.05) is 45.1 Å². The van der Waals surface area contributed by atoms with Crippen LogP contribution in [0.2, 0.25) is 0 Å². The average molecular weight is 1090 g/mol. The van der Waals surface area contributed by atoms with Gasteiger partial charge in [0.05, 0.1) is 36.5 Å². The third-order valence-corrected chi connectivity index (χ3v) is 17.7. The highest BCUT2D eigenvalue weighted by atomic mass is 16.6. The first-order chi connectivity index (χ1) is 37.0. The van der Waals surface area contributed by atoms with Crippen LogP contribution in [0.3, 0.4) is 0 Å². The summed E-state index contributed by atoms with van der Waals surface area (Å²) < 4.78 is 29.9. The maximum atomic E-state index is 14.6. The van der Waals surface area contributed by atoms with Gasteiger partial charge in [-0.2, -0.15) is 5.01 Å². The number of nitrogens with zero attached hydrogens (tertiary/aromatic N) is 4. The summed E-state index contributed by atoms with van der Waals surface area (Å²) in [6.07, 6.45) is 4.09. The zero-order valence-electron chi connectivity index (χ0n) is 47.3. The van der Waals surface area contributed by atoms with Crippen molar-refractivity contribution < 1.29 is 72.9 Å². The first-order valence-corrected chi connectivity index (χ1v) is 28.2. The van der Waals surface area contributed by atoms with Gasteiger partial charge in [0.2, 0.25) is 12.1 Å². The topological polar surface area (TPSA) is 242 Å². The minimum Gasteiger partial charge on any atom is -0.460 e. The summed E-state index contributed by atoms with van der Waals surface area (Å²) in [5.74, 6) is -9.29. The van der Waals surface area contributed by atoms with Crippen LogP contribution in [-0.2, 0) is 47.7 Å². The van der Waals surface area contributed by atoms with Gasteiger partial charge >= 0.3 is 12.0 Å². The molecule has 78 heavy (non-hydrogen) atoms. The molecule has 6 aliphatic heterocycles. The van der Waals surface area contributed by atoms with E-state index in [9.17, 15) is 49.2 Å². The fourth-order valence-electron chi connectivity index (χ4n) is 12.8. The number of fused-ring (bicyclic) bond motifs is 15. The van der Waals surface area contributed by atoms with Crippen LogP contribution in [0, 0.1) is 35.5 Å². The van der Waals surface area contributed by atoms with Crippen LogP contribution in [0.15, 0.2) is 65.8 Å². The van der Waals surface area contributed by atoms with E-state index in [2.05, 4.69) is 0 Å². The largest absolute Gasteiger partial charge is 0.460 e. The lowest BCUT2D eigenvalue weighted by atomic mass is 9.78. The number of allylic oxidation sites excluding steroid dienone is 1. The number of carbonyl (C=O) groups is 6. The number of hydrogen-bond donors (Lipinski definition) is 4. The van der Waals surface area contributed by atoms with Crippen molar-refractivity contribution in [3.63, 3.8) is 0 Å². The van der Waals surface area contributed by atoms with Crippen LogP contribution >= 0.6 is 0 Å². The molecule has 1 saturated carbocycles. The van der Waals surface area contributed by atoms with Crippen molar-refractivity contribution in [2.24, 2.45) is 35.5 Å². The first-order valence-electron chi connectivity index (χ1n) is 28.2. The molecule has 3 saturated heterocycles. The second kappa shape index (κ2) is 26.3. The number of esters is 1. The summed E-state index contributed by atoms with van der Waals surface area (Å²) in [5.41, 5.74) is 1.47. The third-order valence-electron chi connectivity index (χ3n) is 17.7. The molecular weight excluding hydrogens is 1000 g/mol. The Balaban J connectivity index is 1.24. The lowest BCUT2D eigenvalue weighted by Gasteiger charge is -2.43. The second-order valence-corrected chi connectivity index (χ2v) is 23.2. The second-order valence-electron chi connectivity index (χ2n) is 23.2. The fraction of sp³-hybridized carbons (Fsp3) is 0.695. The smallest absolute Gasteiger partial charge is 0.343 e. The number of anilines is 1. The summed E-state index contributed by atoms with van der Waals surface area (Å²) in [6.45, 7) is 12.3. The van der Waals surface area contributed by atoms with Crippen LogP contribution in [0.4, 0.5) is 10.5 Å². The summed E-state index contributed by atoms with van der Waals surface area (Å²) in [4.78, 5) is 89.4. The van der Waals surface area contributed by atoms with E-state index in [1.54, 1.807) is 70.2 Å². The van der Waals surface area contributed by atoms with E-state index in [0.29, 0.717) is 68.2 Å². The van der Waals surface area contributed by atoms with E-state index < -0.39 is 108 Å². The molecule has 4 bridgehead atoms. The van der Waals surface area contributed by atoms with Gasteiger partial charge in [0.1, 0.15) is 30.1 Å². The van der Waals surface area contributed by atoms with E-state index in [1.165, 1.54) is 24.1 Å². The zero-order chi connectivity index (χ0) is 56.9. The maximum Gasteiger partial charge on any atom is 0.343 e. The molecular formula is C59H86N4O15. The van der Waals surface area contributed by atoms with Crippen LogP contribution in [-0.4, -0.2) is 171 Å². The Morgan fingerprint density at radius 2 is 1.53 bits per heavy atom. The number of amides is 3. The normalized spacial score (nSPS) is 39.5. The molecule has 8 rings (SSSR count). The van der Waals surface area contributed by atoms with Gasteiger partial charge in [-0.15, -0.1) is 0 Å². The average Bonchev–Trinajstić information content (AvgIpc) is 3.85. The number of aliphatic hydroxyl groups excluding tert-OH is 3. The molecule has 6 heterocycles. The number of rotatable bonds is 7. The number of carbonyl (C=O) groups excluding carboxylic acids is 6. The van der Waals surface area contributed by atoms with Gasteiger partial charge < -0.3 is 49.0 Å². The predicted molar refractivity (Wildman–Crippen MR) is 288 cm³/mol. The number of ether oxygens (including phenoxy) is 5. The first kappa shape index (κ1) is 60.9. The lowest BCUT2D eigenvalue weighted by molar-refractivity contribution is -0.265. The number of urea groups is 1. The lowest BCUT2D eigenvalue weighted by Crippen LogP contribution is -2.61. The Morgan fingerprint density at radius 1 is 0.808 bits per heavy atom. The number of para-hydroxylation sites is 1. The molecule has 0 radical (unpaired) electrons. The van der Waals surface area contributed by atoms with Gasteiger partial charge in [-0.05, 0) is 119 Å². The highest BCUT2D eigenvalue weighted by Gasteiger charge is 2.55. The maximum absolute atomic E-state index is 14.6. The molecule has 1 aliphatic carbocycles. The van der Waals surface area contributed by atoms with Crippen molar-refractivity contribution in [1.82, 2.24) is 14.9 Å². The van der Waals surface area contributed by atoms with Gasteiger partial charge in [0, 0.05) is 64.2 Å². The zero-order valence-corrected chi connectivity index (χ0v) is 47.3. The molecule has 3 unspecified atom stereocenters. The predicted octanol–water partition coefficient (Wildman–Crippen LogP) is 5.81. The number of benzene rings is 1. The number of piperidine rings is 1. The molecule has 19 heteroatoms. The standard InChI is InChI=1S/C59H86N4O15/c1-33-26-37(5)51(66)53(76-10)52(67)38(6)27-34(2)47(65)32-49(35(3)28-40-20-24-46(64)50(30-40)75-9)77-56(70)45-18-14-15-25-60(45)55(69)54(68)59(73)39(7)19-22-43(78-59)31-48(74-8)36(4)29-42-21-23-44(33)63-58(72)61(57(71)62(42)63)41-16-12-11-13-17-41/h11-13,16-17,21,23,27,29,33-35,37,39-40,42-46,48-50,52-53,57,64,67,71,73H,14-15,18-20,22,24-26,28,30-32H2,1-10H3/b36-29+,38-27+/t33-,34+,35+,37+,39+,40-,42?,43-,44?,45-,46+,48-,49-,50+,52+,53-,57?,59+/m0/s1. The van der Waals surface area contributed by atoms with E-state index >= 15 is 0 Å². The summed E-state index contributed by atoms with van der Waals surface area (Å²) in [5, 5.41) is 49.8. The van der Waals surface area contributed by atoms with Crippen molar-refractivity contribution in [3.05, 3.63) is 65.8 Å². The molecule has 4 N–H and O–H groups in total. The van der Waals surface area contributed by atoms with Crippen LogP contribution in [0.5, 0.6) is 0 Å². The number of hydrogen-bond acceptors (Lipinski definition) is 16. The van der Waals surface area contributed by atoms with Crippen molar-refractivity contribution >= 4 is 40.9 Å². The Morgan fingerprint density at radius 3 is 2.21 bits per heavy atom. The SMILES string of the molecule is CO[C@H]1C[C@@H]2CC[C@@H](C)[C@@](O)(O2)C(=O)C(=O)N2CCCC[C@H]2C(=O)O[C@H]([C@H](C)C[C@@H]2CC[C@@H](O)[C@H](OC)C2)CC(=O)[C@H](C)/C=C(\C)[C@@H](O)[C@@H](OC)C(=O)[C@H](C)C[C@H](C)C2C=CC(/C=C/1C)N1C(O)N(c3ccccc3)C(=O)N21. The van der Waals surface area contributed by atoms with E-state index in [-0.39, 0.29) is 67.7 Å². The van der Waals surface area contributed by atoms with Crippen molar-refractivity contribution in [2.75, 3.05) is 32.8 Å². The molecule has 7 aliphatic rings. The van der Waals surface area contributed by atoms with E-state index in [4.69, 9.17) is 23.7 Å². The van der Waals surface area contributed by atoms with Crippen LogP contribution < -0.4 is 4.90 Å². The Hall–Kier alpha value is -4.70. The summed E-state index contributed by atoms with van der Waals surface area (Å²) in [6, 6.07) is 5.81. The molecule has 19 nitrogen and oxygen atoms in total. The van der Waals surface area contributed by atoms with Gasteiger partial charge in [-0.3, -0.25) is 24.1 Å². The molecule has 0 spiro atoms. The van der Waals surface area contributed by atoms with Gasteiger partial charge in [-0.1, -0.05) is 77.1 Å². The number of ketones is 3. The summed E-state index contributed by atoms with van der Waals surface area (Å²) >= 11 is 0. The highest BCUT2D eigenvalue weighted by molar-refractivity contribution is 6.39. The Kier molecular flexibility index (Phi) is 20.5. The molecule has 0 aromatic heterocycles. The van der Waals surface area contributed by atoms with E-state index in [0.717, 1.165) is 4.90 Å². The van der Waals surface area contributed by atoms with Crippen LogP contribution in [0.1, 0.15) is 126 Å². The molecule has 3 amide bonds. The van der Waals surface area contributed by atoms with Gasteiger partial charge in [-0.25, -0.2) is 14.6 Å². The van der Waals surface area contributed by atoms with Crippen molar-refractivity contribution in [2.45, 2.75) is 199 Å². The quantitative estimate of drug-likeness (QED) is 0.143. The number of methoxy groups -OCH3 is 3. The third kappa shape index (κ3) is 13.1. The monoisotopic (exact) mass is 1090 g/mol. The van der Waals surface area contributed by atoms with Crippen molar-refractivity contribution in [1.29, 1.82) is 0 Å². The fourth-order valence-corrected chi connectivity index (χ4v) is 12.8. The van der Waals surface area contributed by atoms with Crippen LogP contribution in [0.25, 0.3) is 0 Å². The molecule has 1 aromatic carbocycles. The Bertz CT molecular complexity index is 2400. The molecule has 1 aromatic rings. The number of aliphatic hydroxyl groups is 4. The minimum absolute atomic E-state index is 0.0379. The van der Waals surface area contributed by atoms with Gasteiger partial charge in [0.15, 0.2) is 5.78 Å².